The van der Waals surface area contributed by atoms with Gasteiger partial charge >= 0.3 is 0 Å². The van der Waals surface area contributed by atoms with Crippen LogP contribution in [0.5, 0.6) is 5.75 Å². The van der Waals surface area contributed by atoms with Crippen LogP contribution in [0.1, 0.15) is 5.56 Å². The summed E-state index contributed by atoms with van der Waals surface area (Å²) in [5, 5.41) is 0. The van der Waals surface area contributed by atoms with Crippen LogP contribution in [0.4, 0.5) is 0 Å². The molecule has 0 bridgehead atoms. The first kappa shape index (κ1) is 11.5. The van der Waals surface area contributed by atoms with E-state index >= 15 is 0 Å². The van der Waals surface area contributed by atoms with Crippen molar-refractivity contribution in [2.75, 3.05) is 26.2 Å². The van der Waals surface area contributed by atoms with Crippen molar-refractivity contribution in [3.63, 3.8) is 0 Å². The van der Waals surface area contributed by atoms with Crippen molar-refractivity contribution in [3.8, 4) is 5.75 Å². The molecule has 0 N–H and O–H groups in total. The number of para-hydroxylation sites is 1. The quantitative estimate of drug-likeness (QED) is 0.594. The van der Waals surface area contributed by atoms with Gasteiger partial charge in [-0.25, -0.2) is 0 Å². The summed E-state index contributed by atoms with van der Waals surface area (Å²) in [5.74, 6) is 0.982. The molecular weight excluding hydrogens is 242 g/mol. The molecule has 0 atom stereocenters. The first-order valence-electron chi connectivity index (χ1n) is 4.64. The number of alkyl halides is 1. The van der Waals surface area contributed by atoms with E-state index in [0.29, 0.717) is 0 Å². The van der Waals surface area contributed by atoms with Gasteiger partial charge in [-0.3, -0.25) is 4.90 Å². The standard InChI is InChI=1S/C11H16BrNO/c1-13(9-12)8-7-10-5-3-4-6-11(10)14-2/h3-6H,7-9H2,1-2H3. The van der Waals surface area contributed by atoms with Crippen molar-refractivity contribution in [1.29, 1.82) is 0 Å². The monoisotopic (exact) mass is 257 g/mol. The maximum atomic E-state index is 5.28. The van der Waals surface area contributed by atoms with E-state index < -0.39 is 0 Å². The van der Waals surface area contributed by atoms with Gasteiger partial charge in [-0.15, -0.1) is 0 Å². The molecule has 0 spiro atoms. The summed E-state index contributed by atoms with van der Waals surface area (Å²) in [6, 6.07) is 8.16. The van der Waals surface area contributed by atoms with Crippen LogP contribution in [0.3, 0.4) is 0 Å². The Morgan fingerprint density at radius 2 is 2.07 bits per heavy atom. The number of hydrogen-bond donors (Lipinski definition) is 0. The van der Waals surface area contributed by atoms with Crippen molar-refractivity contribution >= 4 is 15.9 Å². The van der Waals surface area contributed by atoms with Gasteiger partial charge in [0.2, 0.25) is 0 Å². The average Bonchev–Trinajstić information content (AvgIpc) is 2.26. The fraction of sp³-hybridized carbons (Fsp3) is 0.455. The second-order valence-corrected chi connectivity index (χ2v) is 3.76. The van der Waals surface area contributed by atoms with Gasteiger partial charge in [0.1, 0.15) is 5.75 Å². The van der Waals surface area contributed by atoms with E-state index in [4.69, 9.17) is 4.74 Å². The molecule has 0 aliphatic heterocycles. The second kappa shape index (κ2) is 6.04. The molecule has 78 valence electrons. The van der Waals surface area contributed by atoms with Crippen LogP contribution in [0.25, 0.3) is 0 Å². The lowest BCUT2D eigenvalue weighted by molar-refractivity contribution is 0.386. The zero-order valence-corrected chi connectivity index (χ0v) is 10.3. The van der Waals surface area contributed by atoms with Crippen molar-refractivity contribution in [1.82, 2.24) is 4.90 Å². The minimum absolute atomic E-state index is 0.905. The van der Waals surface area contributed by atoms with E-state index in [2.05, 4.69) is 33.9 Å². The number of ether oxygens (including phenoxy) is 1. The predicted molar refractivity (Wildman–Crippen MR) is 63.1 cm³/mol. The van der Waals surface area contributed by atoms with Gasteiger partial charge in [0.05, 0.1) is 12.6 Å². The summed E-state index contributed by atoms with van der Waals surface area (Å²) in [7, 11) is 3.80. The molecule has 0 heterocycles. The fourth-order valence-electron chi connectivity index (χ4n) is 1.28. The van der Waals surface area contributed by atoms with Crippen molar-refractivity contribution in [2.45, 2.75) is 6.42 Å². The number of benzene rings is 1. The van der Waals surface area contributed by atoms with Gasteiger partial charge < -0.3 is 4.74 Å². The molecule has 0 saturated heterocycles. The van der Waals surface area contributed by atoms with Crippen molar-refractivity contribution in [2.24, 2.45) is 0 Å². The molecule has 0 aromatic heterocycles. The smallest absolute Gasteiger partial charge is 0.122 e. The van der Waals surface area contributed by atoms with Crippen LogP contribution in [0.15, 0.2) is 24.3 Å². The number of likely N-dealkylation sites (N-methyl/N-ethyl adjacent to an activating group) is 1. The minimum atomic E-state index is 0.905. The molecule has 0 fully saturated rings. The van der Waals surface area contributed by atoms with E-state index in [1.54, 1.807) is 7.11 Å². The highest BCUT2D eigenvalue weighted by atomic mass is 79.9. The summed E-state index contributed by atoms with van der Waals surface area (Å²) in [4.78, 5) is 2.21. The van der Waals surface area contributed by atoms with Crippen LogP contribution >= 0.6 is 15.9 Å². The van der Waals surface area contributed by atoms with Gasteiger partial charge in [-0.05, 0) is 25.1 Å². The molecule has 0 aliphatic rings. The topological polar surface area (TPSA) is 12.5 Å². The van der Waals surface area contributed by atoms with Crippen molar-refractivity contribution < 1.29 is 4.74 Å². The molecule has 0 amide bonds. The van der Waals surface area contributed by atoms with E-state index in [1.807, 2.05) is 18.2 Å². The first-order valence-corrected chi connectivity index (χ1v) is 5.76. The van der Waals surface area contributed by atoms with Gasteiger partial charge in [0, 0.05) is 6.54 Å². The third-order valence-corrected chi connectivity index (χ3v) is 3.02. The van der Waals surface area contributed by atoms with Gasteiger partial charge in [0.15, 0.2) is 0 Å². The number of rotatable bonds is 5. The van der Waals surface area contributed by atoms with E-state index in [0.717, 1.165) is 24.2 Å². The molecular formula is C11H16BrNO. The van der Waals surface area contributed by atoms with E-state index in [-0.39, 0.29) is 0 Å². The molecule has 1 aromatic carbocycles. The second-order valence-electron chi connectivity index (χ2n) is 3.26. The Kier molecular flexibility index (Phi) is 4.98. The minimum Gasteiger partial charge on any atom is -0.496 e. The molecule has 0 radical (unpaired) electrons. The van der Waals surface area contributed by atoms with Crippen LogP contribution < -0.4 is 4.74 Å². The highest BCUT2D eigenvalue weighted by Gasteiger charge is 2.02. The van der Waals surface area contributed by atoms with Crippen molar-refractivity contribution in [3.05, 3.63) is 29.8 Å². The lowest BCUT2D eigenvalue weighted by Gasteiger charge is -2.14. The Morgan fingerprint density at radius 3 is 2.71 bits per heavy atom. The number of hydrogen-bond acceptors (Lipinski definition) is 2. The molecule has 2 nitrogen and oxygen atoms in total. The normalized spacial score (nSPS) is 10.6. The van der Waals surface area contributed by atoms with Crippen LogP contribution in [-0.4, -0.2) is 31.1 Å². The van der Waals surface area contributed by atoms with Gasteiger partial charge in [-0.1, -0.05) is 34.1 Å². The fourth-order valence-corrected chi connectivity index (χ4v) is 1.53. The van der Waals surface area contributed by atoms with E-state index in [9.17, 15) is 0 Å². The van der Waals surface area contributed by atoms with Crippen LogP contribution in [-0.2, 0) is 6.42 Å². The Hall–Kier alpha value is -0.540. The Bertz CT molecular complexity index is 278. The van der Waals surface area contributed by atoms with E-state index in [1.165, 1.54) is 5.56 Å². The molecule has 3 heteroatoms. The first-order chi connectivity index (χ1) is 6.77. The molecule has 1 rings (SSSR count). The summed E-state index contributed by atoms with van der Waals surface area (Å²) >= 11 is 3.42. The maximum absolute atomic E-state index is 5.28. The lowest BCUT2D eigenvalue weighted by atomic mass is 10.1. The maximum Gasteiger partial charge on any atom is 0.122 e. The predicted octanol–water partition coefficient (Wildman–Crippen LogP) is 2.52. The Morgan fingerprint density at radius 1 is 1.36 bits per heavy atom. The highest BCUT2D eigenvalue weighted by molar-refractivity contribution is 9.09. The molecule has 0 aliphatic carbocycles. The number of methoxy groups -OCH3 is 1. The molecule has 0 unspecified atom stereocenters. The largest absolute Gasteiger partial charge is 0.496 e. The third kappa shape index (κ3) is 3.31. The summed E-state index contributed by atoms with van der Waals surface area (Å²) in [5.41, 5.74) is 2.17. The van der Waals surface area contributed by atoms with Crippen LogP contribution in [0, 0.1) is 0 Å². The highest BCUT2D eigenvalue weighted by Crippen LogP contribution is 2.17. The average molecular weight is 258 g/mol. The molecule has 14 heavy (non-hydrogen) atoms. The Balaban J connectivity index is 2.57. The summed E-state index contributed by atoms with van der Waals surface area (Å²) in [6.45, 7) is 1.03. The zero-order chi connectivity index (χ0) is 10.4. The summed E-state index contributed by atoms with van der Waals surface area (Å²) in [6.07, 6.45) is 1.02. The third-order valence-electron chi connectivity index (χ3n) is 2.16. The zero-order valence-electron chi connectivity index (χ0n) is 8.66. The van der Waals surface area contributed by atoms with Gasteiger partial charge in [-0.2, -0.15) is 0 Å². The van der Waals surface area contributed by atoms with Crippen LogP contribution in [0.2, 0.25) is 0 Å². The summed E-state index contributed by atoms with van der Waals surface area (Å²) < 4.78 is 5.28. The number of nitrogens with zero attached hydrogens (tertiary/aromatic N) is 1. The Labute approximate surface area is 94.0 Å². The molecule has 1 aromatic rings. The SMILES string of the molecule is COc1ccccc1CCN(C)CBr. The molecule has 0 saturated carbocycles. The van der Waals surface area contributed by atoms with Gasteiger partial charge in [0.25, 0.3) is 0 Å². The number of halogens is 1. The lowest BCUT2D eigenvalue weighted by Crippen LogP contribution is -2.19.